The average molecular weight is 492 g/mol. The van der Waals surface area contributed by atoms with Gasteiger partial charge in [-0.2, -0.15) is 0 Å². The van der Waals surface area contributed by atoms with Gasteiger partial charge in [-0.1, -0.05) is 30.3 Å². The number of para-hydroxylation sites is 1. The van der Waals surface area contributed by atoms with Gasteiger partial charge in [0.25, 0.3) is 5.56 Å². The van der Waals surface area contributed by atoms with Crippen molar-refractivity contribution in [2.75, 3.05) is 12.4 Å². The van der Waals surface area contributed by atoms with Crippen LogP contribution in [0.4, 0.5) is 5.69 Å². The zero-order valence-corrected chi connectivity index (χ0v) is 20.8. The molecule has 6 nitrogen and oxygen atoms in total. The number of thiophene rings is 1. The number of thiocarbonyl (C=S) groups is 1. The number of hydrogen-bond acceptors (Lipinski definition) is 5. The molecule has 0 bridgehead atoms. The molecule has 0 spiro atoms. The highest BCUT2D eigenvalue weighted by Gasteiger charge is 2.18. The Balaban J connectivity index is 1.67. The van der Waals surface area contributed by atoms with Gasteiger partial charge in [-0.15, -0.1) is 11.3 Å². The second-order valence-corrected chi connectivity index (χ2v) is 9.42. The second-order valence-electron chi connectivity index (χ2n) is 8.00. The Morgan fingerprint density at radius 1 is 1.12 bits per heavy atom. The lowest BCUT2D eigenvalue weighted by molar-refractivity contribution is 0.0602. The summed E-state index contributed by atoms with van der Waals surface area (Å²) in [5, 5.41) is 6.57. The van der Waals surface area contributed by atoms with Crippen LogP contribution in [0.3, 0.4) is 0 Å². The van der Waals surface area contributed by atoms with Gasteiger partial charge in [0, 0.05) is 10.4 Å². The maximum Gasteiger partial charge on any atom is 0.339 e. The molecule has 34 heavy (non-hydrogen) atoms. The fourth-order valence-corrected chi connectivity index (χ4v) is 4.72. The minimum Gasteiger partial charge on any atom is -0.465 e. The Hall–Kier alpha value is -3.49. The number of pyridine rings is 1. The van der Waals surface area contributed by atoms with E-state index in [4.69, 9.17) is 17.0 Å². The highest BCUT2D eigenvalue weighted by Crippen LogP contribution is 2.22. The van der Waals surface area contributed by atoms with Crippen molar-refractivity contribution < 1.29 is 9.53 Å². The van der Waals surface area contributed by atoms with E-state index in [1.54, 1.807) is 29.5 Å². The number of aromatic amines is 1. The van der Waals surface area contributed by atoms with Crippen LogP contribution in [0.2, 0.25) is 0 Å². The number of fused-ring (bicyclic) bond motifs is 1. The molecule has 0 fully saturated rings. The summed E-state index contributed by atoms with van der Waals surface area (Å²) in [5.41, 5.74) is 4.45. The molecule has 0 aliphatic rings. The molecular weight excluding hydrogens is 466 g/mol. The zero-order valence-electron chi connectivity index (χ0n) is 19.2. The number of methoxy groups -OCH3 is 1. The SMILES string of the molecule is COC(=O)c1ccccc1NC(=S)N(Cc1cccs1)Cc1cc2ccc(C)c(C)c2[nH]c1=O. The van der Waals surface area contributed by atoms with Gasteiger partial charge in [0.1, 0.15) is 0 Å². The molecule has 0 unspecified atom stereocenters. The number of anilines is 1. The summed E-state index contributed by atoms with van der Waals surface area (Å²) in [7, 11) is 1.34. The number of aromatic nitrogens is 1. The Kier molecular flexibility index (Phi) is 7.09. The summed E-state index contributed by atoms with van der Waals surface area (Å²) in [4.78, 5) is 31.3. The van der Waals surface area contributed by atoms with Gasteiger partial charge in [0.2, 0.25) is 0 Å². The molecule has 174 valence electrons. The number of nitrogens with zero attached hydrogens (tertiary/aromatic N) is 1. The lowest BCUT2D eigenvalue weighted by Crippen LogP contribution is -2.35. The molecule has 2 aromatic carbocycles. The van der Waals surface area contributed by atoms with Crippen molar-refractivity contribution in [3.63, 3.8) is 0 Å². The summed E-state index contributed by atoms with van der Waals surface area (Å²) in [6.07, 6.45) is 0. The maximum absolute atomic E-state index is 13.0. The minimum atomic E-state index is -0.452. The van der Waals surface area contributed by atoms with E-state index in [0.717, 1.165) is 26.9 Å². The normalized spacial score (nSPS) is 10.8. The number of carbonyl (C=O) groups is 1. The fourth-order valence-electron chi connectivity index (χ4n) is 3.76. The van der Waals surface area contributed by atoms with Crippen LogP contribution in [0.25, 0.3) is 10.9 Å². The first-order valence-electron chi connectivity index (χ1n) is 10.7. The molecule has 2 N–H and O–H groups in total. The topological polar surface area (TPSA) is 74.4 Å². The molecule has 0 atom stereocenters. The van der Waals surface area contributed by atoms with Gasteiger partial charge in [0.05, 0.1) is 37.0 Å². The number of aryl methyl sites for hydroxylation is 2. The molecule has 0 aliphatic heterocycles. The highest BCUT2D eigenvalue weighted by atomic mass is 32.1. The Morgan fingerprint density at radius 3 is 2.65 bits per heavy atom. The van der Waals surface area contributed by atoms with Gasteiger partial charge >= 0.3 is 5.97 Å². The van der Waals surface area contributed by atoms with Gasteiger partial charge in [0.15, 0.2) is 5.11 Å². The first kappa shape index (κ1) is 23.7. The lowest BCUT2D eigenvalue weighted by Gasteiger charge is -2.26. The van der Waals surface area contributed by atoms with Gasteiger partial charge in [-0.3, -0.25) is 4.79 Å². The Morgan fingerprint density at radius 2 is 1.91 bits per heavy atom. The number of hydrogen-bond donors (Lipinski definition) is 2. The van der Waals surface area contributed by atoms with Gasteiger partial charge in [-0.05, 0) is 72.2 Å². The van der Waals surface area contributed by atoms with Crippen molar-refractivity contribution in [2.45, 2.75) is 26.9 Å². The van der Waals surface area contributed by atoms with E-state index in [1.807, 2.05) is 54.5 Å². The van der Waals surface area contributed by atoms with E-state index in [2.05, 4.69) is 16.4 Å². The molecular formula is C26H25N3O3S2. The van der Waals surface area contributed by atoms with E-state index in [0.29, 0.717) is 35.0 Å². The molecule has 0 aliphatic carbocycles. The summed E-state index contributed by atoms with van der Waals surface area (Å²) in [6, 6.07) is 17.0. The standard InChI is InChI=1S/C26H25N3O3S2/c1-16-10-11-18-13-19(24(30)28-23(18)17(16)2)14-29(15-20-7-6-12-34-20)26(33)27-22-9-5-4-8-21(22)25(31)32-3/h4-13H,14-15H2,1-3H3,(H,27,33)(H,28,30). The van der Waals surface area contributed by atoms with Crippen LogP contribution < -0.4 is 10.9 Å². The smallest absolute Gasteiger partial charge is 0.339 e. The minimum absolute atomic E-state index is 0.143. The lowest BCUT2D eigenvalue weighted by atomic mass is 10.0. The van der Waals surface area contributed by atoms with Crippen molar-refractivity contribution >= 4 is 51.2 Å². The predicted octanol–water partition coefficient (Wildman–Crippen LogP) is 5.39. The van der Waals surface area contributed by atoms with Crippen molar-refractivity contribution in [1.82, 2.24) is 9.88 Å². The number of carbonyl (C=O) groups excluding carboxylic acids is 1. The van der Waals surface area contributed by atoms with E-state index >= 15 is 0 Å². The Labute approximate surface area is 207 Å². The van der Waals surface area contributed by atoms with E-state index < -0.39 is 5.97 Å². The molecule has 4 aromatic rings. The first-order valence-corrected chi connectivity index (χ1v) is 12.0. The van der Waals surface area contributed by atoms with E-state index in [-0.39, 0.29) is 5.56 Å². The number of ether oxygens (including phenoxy) is 1. The van der Waals surface area contributed by atoms with Crippen molar-refractivity contribution in [3.05, 3.63) is 97.5 Å². The number of benzene rings is 2. The second kappa shape index (κ2) is 10.2. The fraction of sp³-hybridized carbons (Fsp3) is 0.192. The number of rotatable bonds is 6. The predicted molar refractivity (Wildman–Crippen MR) is 142 cm³/mol. The van der Waals surface area contributed by atoms with Crippen LogP contribution in [0, 0.1) is 13.8 Å². The molecule has 2 aromatic heterocycles. The van der Waals surface area contributed by atoms with Gasteiger partial charge in [-0.25, -0.2) is 4.79 Å². The summed E-state index contributed by atoms with van der Waals surface area (Å²) in [6.45, 7) is 4.87. The monoisotopic (exact) mass is 491 g/mol. The average Bonchev–Trinajstić information content (AvgIpc) is 3.35. The number of nitrogens with one attached hydrogen (secondary N) is 2. The first-order chi connectivity index (χ1) is 16.4. The van der Waals surface area contributed by atoms with Crippen LogP contribution in [-0.4, -0.2) is 28.1 Å². The molecule has 0 amide bonds. The molecule has 0 radical (unpaired) electrons. The zero-order chi connectivity index (χ0) is 24.2. The highest BCUT2D eigenvalue weighted by molar-refractivity contribution is 7.80. The quantitative estimate of drug-likeness (QED) is 0.278. The van der Waals surface area contributed by atoms with Crippen molar-refractivity contribution in [3.8, 4) is 0 Å². The molecule has 0 saturated carbocycles. The van der Waals surface area contributed by atoms with Crippen LogP contribution in [0.1, 0.15) is 31.9 Å². The van der Waals surface area contributed by atoms with E-state index in [1.165, 1.54) is 7.11 Å². The van der Waals surface area contributed by atoms with Crippen molar-refractivity contribution in [2.24, 2.45) is 0 Å². The molecule has 2 heterocycles. The van der Waals surface area contributed by atoms with Crippen molar-refractivity contribution in [1.29, 1.82) is 0 Å². The van der Waals surface area contributed by atoms with Crippen LogP contribution >= 0.6 is 23.6 Å². The summed E-state index contributed by atoms with van der Waals surface area (Å²) < 4.78 is 4.89. The van der Waals surface area contributed by atoms with Crippen LogP contribution in [0.15, 0.2) is 64.8 Å². The molecule has 4 rings (SSSR count). The maximum atomic E-state index is 13.0. The number of H-pyrrole nitrogens is 1. The van der Waals surface area contributed by atoms with Crippen LogP contribution in [-0.2, 0) is 17.8 Å². The summed E-state index contributed by atoms with van der Waals surface area (Å²) in [5.74, 6) is -0.452. The third-order valence-electron chi connectivity index (χ3n) is 5.78. The Bertz CT molecular complexity index is 1410. The summed E-state index contributed by atoms with van der Waals surface area (Å²) >= 11 is 7.36. The number of esters is 1. The van der Waals surface area contributed by atoms with Crippen LogP contribution in [0.5, 0.6) is 0 Å². The van der Waals surface area contributed by atoms with E-state index in [9.17, 15) is 9.59 Å². The third-order valence-corrected chi connectivity index (χ3v) is 7.00. The largest absolute Gasteiger partial charge is 0.465 e. The third kappa shape index (κ3) is 5.03. The molecule has 8 heteroatoms. The molecule has 0 saturated heterocycles. The van der Waals surface area contributed by atoms with Gasteiger partial charge < -0.3 is 19.9 Å².